The first-order chi connectivity index (χ1) is 8.29. The molecule has 0 saturated heterocycles. The van der Waals surface area contributed by atoms with Gasteiger partial charge in [-0.15, -0.1) is 0 Å². The van der Waals surface area contributed by atoms with E-state index in [1.807, 2.05) is 0 Å². The minimum Gasteiger partial charge on any atom is -0.444 e. The number of rotatable bonds is 5. The third-order valence-electron chi connectivity index (χ3n) is 2.11. The van der Waals surface area contributed by atoms with Crippen molar-refractivity contribution in [3.8, 4) is 11.5 Å². The lowest BCUT2D eigenvalue weighted by molar-refractivity contribution is 0.322. The fraction of sp³-hybridized carbons (Fsp3) is 0.250. The number of thioether (sulfide) groups is 1. The summed E-state index contributed by atoms with van der Waals surface area (Å²) in [7, 11) is 0. The molecule has 2 rings (SSSR count). The first kappa shape index (κ1) is 12.1. The number of aromatic nitrogens is 1. The first-order valence-electron chi connectivity index (χ1n) is 5.18. The van der Waals surface area contributed by atoms with Crippen LogP contribution in [0.1, 0.15) is 5.69 Å². The maximum Gasteiger partial charge on any atom is 0.226 e. The lowest BCUT2D eigenvalue weighted by Gasteiger charge is -1.95. The summed E-state index contributed by atoms with van der Waals surface area (Å²) < 4.78 is 18.3. The maximum atomic E-state index is 13.0. The molecule has 3 nitrogen and oxygen atoms in total. The second-order valence-electron chi connectivity index (χ2n) is 3.43. The minimum atomic E-state index is -0.308. The van der Waals surface area contributed by atoms with Gasteiger partial charge in [-0.25, -0.2) is 9.37 Å². The first-order valence-corrected chi connectivity index (χ1v) is 6.34. The number of nitrogens with zero attached hydrogens (tertiary/aromatic N) is 1. The van der Waals surface area contributed by atoms with Gasteiger partial charge in [0.15, 0.2) is 0 Å². The highest BCUT2D eigenvalue weighted by atomic mass is 32.2. The third-order valence-corrected chi connectivity index (χ3v) is 3.08. The van der Waals surface area contributed by atoms with Crippen molar-refractivity contribution < 1.29 is 13.9 Å². The van der Waals surface area contributed by atoms with E-state index in [2.05, 4.69) is 4.98 Å². The molecule has 0 fully saturated rings. The summed E-state index contributed by atoms with van der Waals surface area (Å²) >= 11 is 1.57. The molecule has 1 N–H and O–H groups in total. The van der Waals surface area contributed by atoms with Crippen LogP contribution in [0.2, 0.25) is 0 Å². The molecular weight excluding hydrogens is 241 g/mol. The molecule has 5 heteroatoms. The number of hydrogen-bond acceptors (Lipinski definition) is 4. The van der Waals surface area contributed by atoms with Gasteiger partial charge in [-0.3, -0.25) is 0 Å². The lowest BCUT2D eigenvalue weighted by Crippen LogP contribution is -1.88. The van der Waals surface area contributed by atoms with Crippen LogP contribution in [0.25, 0.3) is 11.5 Å². The Labute approximate surface area is 103 Å². The van der Waals surface area contributed by atoms with E-state index in [-0.39, 0.29) is 12.4 Å². The van der Waals surface area contributed by atoms with Crippen LogP contribution in [0.15, 0.2) is 34.9 Å². The smallest absolute Gasteiger partial charge is 0.226 e. The molecule has 1 aromatic heterocycles. The van der Waals surface area contributed by atoms with E-state index in [9.17, 15) is 4.39 Å². The van der Waals surface area contributed by atoms with Crippen LogP contribution >= 0.6 is 11.8 Å². The number of hydrogen-bond donors (Lipinski definition) is 1. The number of oxazole rings is 1. The van der Waals surface area contributed by atoms with Gasteiger partial charge in [-0.2, -0.15) is 11.8 Å². The number of aliphatic hydroxyl groups is 1. The Balaban J connectivity index is 2.07. The van der Waals surface area contributed by atoms with Crippen molar-refractivity contribution in [2.45, 2.75) is 5.75 Å². The number of halogens is 1. The standard InChI is InChI=1S/C12H12FNO2S/c13-10-3-1-2-9(6-10)12-14-11(7-16-12)8-17-5-4-15/h1-3,6-7,15H,4-5,8H2. The molecule has 0 aliphatic rings. The third kappa shape index (κ3) is 3.31. The summed E-state index contributed by atoms with van der Waals surface area (Å²) in [4.78, 5) is 4.26. The van der Waals surface area contributed by atoms with Crippen LogP contribution in [0.4, 0.5) is 4.39 Å². The van der Waals surface area contributed by atoms with E-state index < -0.39 is 0 Å². The van der Waals surface area contributed by atoms with Gasteiger partial charge in [0.1, 0.15) is 12.1 Å². The van der Waals surface area contributed by atoms with Crippen molar-refractivity contribution in [2.24, 2.45) is 0 Å². The predicted molar refractivity (Wildman–Crippen MR) is 65.1 cm³/mol. The molecule has 2 aromatic rings. The van der Waals surface area contributed by atoms with Gasteiger partial charge in [0, 0.05) is 17.1 Å². The summed E-state index contributed by atoms with van der Waals surface area (Å²) in [6, 6.07) is 6.13. The van der Waals surface area contributed by atoms with Crippen molar-refractivity contribution in [1.82, 2.24) is 4.98 Å². The second kappa shape index (κ2) is 5.84. The van der Waals surface area contributed by atoms with Gasteiger partial charge in [-0.1, -0.05) is 6.07 Å². The van der Waals surface area contributed by atoms with Crippen LogP contribution in [-0.2, 0) is 5.75 Å². The van der Waals surface area contributed by atoms with E-state index >= 15 is 0 Å². The molecule has 0 radical (unpaired) electrons. The van der Waals surface area contributed by atoms with Crippen molar-refractivity contribution in [3.05, 3.63) is 42.0 Å². The summed E-state index contributed by atoms with van der Waals surface area (Å²) in [6.45, 7) is 0.152. The molecule has 0 aliphatic heterocycles. The summed E-state index contributed by atoms with van der Waals surface area (Å²) in [5.74, 6) is 1.46. The molecule has 0 aliphatic carbocycles. The van der Waals surface area contributed by atoms with Crippen molar-refractivity contribution in [3.63, 3.8) is 0 Å². The van der Waals surface area contributed by atoms with Crippen molar-refractivity contribution >= 4 is 11.8 Å². The van der Waals surface area contributed by atoms with Crippen LogP contribution in [0.5, 0.6) is 0 Å². The van der Waals surface area contributed by atoms with E-state index in [1.165, 1.54) is 12.1 Å². The quantitative estimate of drug-likeness (QED) is 0.832. The van der Waals surface area contributed by atoms with Gasteiger partial charge < -0.3 is 9.52 Å². The SMILES string of the molecule is OCCSCc1coc(-c2cccc(F)c2)n1. The van der Waals surface area contributed by atoms with E-state index in [1.54, 1.807) is 30.2 Å². The summed E-state index contributed by atoms with van der Waals surface area (Å²) in [6.07, 6.45) is 1.56. The van der Waals surface area contributed by atoms with Gasteiger partial charge in [0.25, 0.3) is 0 Å². The largest absolute Gasteiger partial charge is 0.444 e. The molecule has 1 aromatic carbocycles. The number of benzene rings is 1. The van der Waals surface area contributed by atoms with Gasteiger partial charge in [0.05, 0.1) is 12.3 Å². The Kier molecular flexibility index (Phi) is 4.17. The second-order valence-corrected chi connectivity index (χ2v) is 4.54. The predicted octanol–water partition coefficient (Wildman–Crippen LogP) is 2.71. The molecule has 0 atom stereocenters. The maximum absolute atomic E-state index is 13.0. The average Bonchev–Trinajstić information content (AvgIpc) is 2.78. The van der Waals surface area contributed by atoms with Crippen LogP contribution < -0.4 is 0 Å². The minimum absolute atomic E-state index is 0.152. The fourth-order valence-corrected chi connectivity index (χ4v) is 1.98. The monoisotopic (exact) mass is 253 g/mol. The molecule has 0 unspecified atom stereocenters. The highest BCUT2D eigenvalue weighted by molar-refractivity contribution is 7.98. The highest BCUT2D eigenvalue weighted by Crippen LogP contribution is 2.21. The van der Waals surface area contributed by atoms with Crippen LogP contribution in [0.3, 0.4) is 0 Å². The Hall–Kier alpha value is -1.33. The van der Waals surface area contributed by atoms with E-state index in [0.717, 1.165) is 5.69 Å². The summed E-state index contributed by atoms with van der Waals surface area (Å²) in [5, 5.41) is 8.65. The molecule has 0 saturated carbocycles. The highest BCUT2D eigenvalue weighted by Gasteiger charge is 2.07. The Bertz CT molecular complexity index is 487. The van der Waals surface area contributed by atoms with E-state index in [0.29, 0.717) is 23.0 Å². The zero-order valence-corrected chi connectivity index (χ0v) is 9.91. The Morgan fingerprint density at radius 3 is 3.06 bits per heavy atom. The summed E-state index contributed by atoms with van der Waals surface area (Å²) in [5.41, 5.74) is 1.42. The van der Waals surface area contributed by atoms with Gasteiger partial charge >= 0.3 is 0 Å². The molecule has 1 heterocycles. The van der Waals surface area contributed by atoms with Gasteiger partial charge in [-0.05, 0) is 18.2 Å². The fourth-order valence-electron chi connectivity index (χ4n) is 1.37. The van der Waals surface area contributed by atoms with Crippen LogP contribution in [0, 0.1) is 5.82 Å². The molecule has 17 heavy (non-hydrogen) atoms. The molecule has 0 bridgehead atoms. The Morgan fingerprint density at radius 1 is 1.41 bits per heavy atom. The zero-order valence-electron chi connectivity index (χ0n) is 9.10. The molecule has 90 valence electrons. The zero-order chi connectivity index (χ0) is 12.1. The van der Waals surface area contributed by atoms with Crippen LogP contribution in [-0.4, -0.2) is 22.5 Å². The normalized spacial score (nSPS) is 10.7. The van der Waals surface area contributed by atoms with Gasteiger partial charge in [0.2, 0.25) is 5.89 Å². The molecular formula is C12H12FNO2S. The number of aliphatic hydroxyl groups excluding tert-OH is 1. The molecule has 0 spiro atoms. The molecule has 0 amide bonds. The van der Waals surface area contributed by atoms with Crippen molar-refractivity contribution in [2.75, 3.05) is 12.4 Å². The van der Waals surface area contributed by atoms with Crippen molar-refractivity contribution in [1.29, 1.82) is 0 Å². The Morgan fingerprint density at radius 2 is 2.29 bits per heavy atom. The average molecular weight is 253 g/mol. The topological polar surface area (TPSA) is 46.3 Å². The lowest BCUT2D eigenvalue weighted by atomic mass is 10.2. The van der Waals surface area contributed by atoms with E-state index in [4.69, 9.17) is 9.52 Å².